The van der Waals surface area contributed by atoms with Crippen molar-refractivity contribution in [3.05, 3.63) is 71.6 Å². The number of benzene rings is 2. The molecule has 0 aliphatic heterocycles. The largest absolute Gasteiger partial charge is 0.478 e. The number of halogens is 1. The van der Waals surface area contributed by atoms with Gasteiger partial charge in [0.25, 0.3) is 0 Å². The highest BCUT2D eigenvalue weighted by Gasteiger charge is 2.22. The molecule has 2 aromatic carbocycles. The van der Waals surface area contributed by atoms with Crippen molar-refractivity contribution in [3.8, 4) is 17.2 Å². The third kappa shape index (κ3) is 3.52. The van der Waals surface area contributed by atoms with Crippen molar-refractivity contribution >= 4 is 5.97 Å². The molecule has 26 heavy (non-hydrogen) atoms. The Morgan fingerprint density at radius 2 is 1.92 bits per heavy atom. The summed E-state index contributed by atoms with van der Waals surface area (Å²) in [5, 5.41) is 18.4. The lowest BCUT2D eigenvalue weighted by molar-refractivity contribution is 0.0697. The molecule has 0 saturated heterocycles. The van der Waals surface area contributed by atoms with Gasteiger partial charge in [-0.1, -0.05) is 24.3 Å². The van der Waals surface area contributed by atoms with E-state index >= 15 is 0 Å². The number of nitrogens with zero attached hydrogens (tertiary/aromatic N) is 1. The number of aromatic carboxylic acids is 1. The maximum absolute atomic E-state index is 14.0. The van der Waals surface area contributed by atoms with E-state index in [1.54, 1.807) is 18.2 Å². The lowest BCUT2D eigenvalue weighted by atomic mass is 9.78. The molecule has 0 spiro atoms. The summed E-state index contributed by atoms with van der Waals surface area (Å²) in [6.07, 6.45) is 6.23. The summed E-state index contributed by atoms with van der Waals surface area (Å²) in [6, 6.07) is 11.3. The molecule has 1 aliphatic carbocycles. The first-order valence-corrected chi connectivity index (χ1v) is 8.73. The molecule has 2 aromatic rings. The topological polar surface area (TPSA) is 61.1 Å². The number of hydrogen-bond acceptors (Lipinski definition) is 2. The SMILES string of the molecule is C=C[C@H]1CC[C@H](c2ccc(C(=O)O)c(-c3ccc(C#N)c(F)c3)c2)CC1. The Morgan fingerprint density at radius 3 is 2.50 bits per heavy atom. The first-order valence-electron chi connectivity index (χ1n) is 8.73. The quantitative estimate of drug-likeness (QED) is 0.739. The van der Waals surface area contributed by atoms with Gasteiger partial charge >= 0.3 is 5.97 Å². The van der Waals surface area contributed by atoms with Gasteiger partial charge in [0.15, 0.2) is 0 Å². The number of allylic oxidation sites excluding steroid dienone is 1. The van der Waals surface area contributed by atoms with Crippen LogP contribution in [0, 0.1) is 23.1 Å². The average Bonchev–Trinajstić information content (AvgIpc) is 2.67. The maximum atomic E-state index is 14.0. The fraction of sp³-hybridized carbons (Fsp3) is 0.273. The lowest BCUT2D eigenvalue weighted by Gasteiger charge is -2.27. The summed E-state index contributed by atoms with van der Waals surface area (Å²) in [4.78, 5) is 11.6. The summed E-state index contributed by atoms with van der Waals surface area (Å²) < 4.78 is 14.0. The molecule has 0 radical (unpaired) electrons. The van der Waals surface area contributed by atoms with Crippen molar-refractivity contribution in [1.29, 1.82) is 5.26 Å². The van der Waals surface area contributed by atoms with Gasteiger partial charge in [0.2, 0.25) is 0 Å². The van der Waals surface area contributed by atoms with E-state index in [0.29, 0.717) is 23.0 Å². The Labute approximate surface area is 152 Å². The van der Waals surface area contributed by atoms with Crippen LogP contribution in [0.15, 0.2) is 49.1 Å². The molecule has 132 valence electrons. The first-order chi connectivity index (χ1) is 12.5. The minimum Gasteiger partial charge on any atom is -0.478 e. The molecule has 1 fully saturated rings. The Kier molecular flexibility index (Phi) is 5.18. The second-order valence-electron chi connectivity index (χ2n) is 6.76. The molecule has 4 heteroatoms. The van der Waals surface area contributed by atoms with Gasteiger partial charge in [-0.3, -0.25) is 0 Å². The van der Waals surface area contributed by atoms with Crippen molar-refractivity contribution in [2.45, 2.75) is 31.6 Å². The van der Waals surface area contributed by atoms with E-state index in [2.05, 4.69) is 6.58 Å². The van der Waals surface area contributed by atoms with Crippen LogP contribution in [-0.4, -0.2) is 11.1 Å². The van der Waals surface area contributed by atoms with Gasteiger partial charge in [0.05, 0.1) is 11.1 Å². The summed E-state index contributed by atoms with van der Waals surface area (Å²) in [6.45, 7) is 3.87. The Hall–Kier alpha value is -2.93. The number of hydrogen-bond donors (Lipinski definition) is 1. The predicted octanol–water partition coefficient (Wildman–Crippen LogP) is 5.52. The van der Waals surface area contributed by atoms with Crippen LogP contribution >= 0.6 is 0 Å². The number of rotatable bonds is 4. The van der Waals surface area contributed by atoms with Gasteiger partial charge in [-0.25, -0.2) is 9.18 Å². The van der Waals surface area contributed by atoms with Gasteiger partial charge in [-0.2, -0.15) is 5.26 Å². The van der Waals surface area contributed by atoms with Crippen LogP contribution in [0.5, 0.6) is 0 Å². The number of carboxylic acid groups (broad SMARTS) is 1. The maximum Gasteiger partial charge on any atom is 0.336 e. The number of carbonyl (C=O) groups is 1. The van der Waals surface area contributed by atoms with E-state index < -0.39 is 11.8 Å². The molecule has 0 aromatic heterocycles. The van der Waals surface area contributed by atoms with E-state index in [0.717, 1.165) is 31.2 Å². The highest BCUT2D eigenvalue weighted by atomic mass is 19.1. The normalized spacial score (nSPS) is 19.5. The fourth-order valence-corrected chi connectivity index (χ4v) is 3.70. The predicted molar refractivity (Wildman–Crippen MR) is 98.4 cm³/mol. The Morgan fingerprint density at radius 1 is 1.19 bits per heavy atom. The monoisotopic (exact) mass is 349 g/mol. The summed E-state index contributed by atoms with van der Waals surface area (Å²) in [5.41, 5.74) is 2.13. The van der Waals surface area contributed by atoms with E-state index in [4.69, 9.17) is 5.26 Å². The molecule has 0 unspecified atom stereocenters. The van der Waals surface area contributed by atoms with Gasteiger partial charge in [0.1, 0.15) is 11.9 Å². The van der Waals surface area contributed by atoms with Crippen LogP contribution < -0.4 is 0 Å². The van der Waals surface area contributed by atoms with Gasteiger partial charge in [-0.05, 0) is 72.4 Å². The molecule has 3 rings (SSSR count). The smallest absolute Gasteiger partial charge is 0.336 e. The fourth-order valence-electron chi connectivity index (χ4n) is 3.70. The van der Waals surface area contributed by atoms with Crippen molar-refractivity contribution in [3.63, 3.8) is 0 Å². The van der Waals surface area contributed by atoms with E-state index in [1.165, 1.54) is 12.1 Å². The first kappa shape index (κ1) is 17.9. The summed E-state index contributed by atoms with van der Waals surface area (Å²) in [5.74, 6) is -0.766. The van der Waals surface area contributed by atoms with Gasteiger partial charge < -0.3 is 5.11 Å². The molecule has 0 amide bonds. The standard InChI is InChI=1S/C22H20FNO2/c1-2-14-3-5-15(6-4-14)16-9-10-19(22(25)26)20(11-16)17-7-8-18(13-24)21(23)12-17/h2,7-12,14-15H,1,3-6H2,(H,25,26)/t14-,15-. The van der Waals surface area contributed by atoms with Crippen LogP contribution in [-0.2, 0) is 0 Å². The van der Waals surface area contributed by atoms with E-state index in [1.807, 2.05) is 18.2 Å². The van der Waals surface area contributed by atoms with Gasteiger partial charge in [-0.15, -0.1) is 6.58 Å². The minimum absolute atomic E-state index is 0.0514. The third-order valence-corrected chi connectivity index (χ3v) is 5.25. The molecule has 0 heterocycles. The Balaban J connectivity index is 2.00. The third-order valence-electron chi connectivity index (χ3n) is 5.25. The molecule has 1 N–H and O–H groups in total. The van der Waals surface area contributed by atoms with Crippen LogP contribution in [0.25, 0.3) is 11.1 Å². The van der Waals surface area contributed by atoms with Crippen molar-refractivity contribution in [1.82, 2.24) is 0 Å². The number of carboxylic acids is 1. The van der Waals surface area contributed by atoms with Crippen LogP contribution in [0.2, 0.25) is 0 Å². The molecule has 3 nitrogen and oxygen atoms in total. The van der Waals surface area contributed by atoms with E-state index in [-0.39, 0.29) is 11.1 Å². The van der Waals surface area contributed by atoms with Crippen LogP contribution in [0.1, 0.15) is 53.1 Å². The molecule has 0 atom stereocenters. The van der Waals surface area contributed by atoms with Crippen molar-refractivity contribution in [2.24, 2.45) is 5.92 Å². The number of nitriles is 1. The minimum atomic E-state index is -1.05. The highest BCUT2D eigenvalue weighted by Crippen LogP contribution is 2.38. The highest BCUT2D eigenvalue weighted by molar-refractivity contribution is 5.96. The molecule has 1 aliphatic rings. The second kappa shape index (κ2) is 7.53. The van der Waals surface area contributed by atoms with Crippen molar-refractivity contribution < 1.29 is 14.3 Å². The van der Waals surface area contributed by atoms with Crippen LogP contribution in [0.3, 0.4) is 0 Å². The zero-order chi connectivity index (χ0) is 18.7. The average molecular weight is 349 g/mol. The lowest BCUT2D eigenvalue weighted by Crippen LogP contribution is -2.12. The van der Waals surface area contributed by atoms with Gasteiger partial charge in [0, 0.05) is 0 Å². The molecule has 1 saturated carbocycles. The summed E-state index contributed by atoms with van der Waals surface area (Å²) >= 11 is 0. The Bertz CT molecular complexity index is 890. The van der Waals surface area contributed by atoms with E-state index in [9.17, 15) is 14.3 Å². The molecular weight excluding hydrogens is 329 g/mol. The molecule has 0 bridgehead atoms. The summed E-state index contributed by atoms with van der Waals surface area (Å²) in [7, 11) is 0. The van der Waals surface area contributed by atoms with Crippen molar-refractivity contribution in [2.75, 3.05) is 0 Å². The second-order valence-corrected chi connectivity index (χ2v) is 6.76. The van der Waals surface area contributed by atoms with Crippen LogP contribution in [0.4, 0.5) is 4.39 Å². The zero-order valence-corrected chi connectivity index (χ0v) is 14.4. The molecular formula is C22H20FNO2. The zero-order valence-electron chi connectivity index (χ0n) is 14.4.